The minimum Gasteiger partial charge on any atom is -0.360 e. The van der Waals surface area contributed by atoms with Crippen LogP contribution in [0.5, 0.6) is 0 Å². The Morgan fingerprint density at radius 2 is 2.33 bits per heavy atom. The number of anilines is 1. The third kappa shape index (κ3) is 3.73. The van der Waals surface area contributed by atoms with Crippen LogP contribution in [0.15, 0.2) is 6.33 Å². The summed E-state index contributed by atoms with van der Waals surface area (Å²) in [5.41, 5.74) is 0. The molecule has 0 aliphatic carbocycles. The molecule has 0 unspecified atom stereocenters. The highest BCUT2D eigenvalue weighted by Crippen LogP contribution is 2.06. The Balaban J connectivity index is 1.54. The third-order valence-electron chi connectivity index (χ3n) is 2.50. The average Bonchev–Trinajstić information content (AvgIpc) is 2.79. The van der Waals surface area contributed by atoms with Crippen molar-refractivity contribution in [2.75, 3.05) is 44.6 Å². The van der Waals surface area contributed by atoms with Crippen LogP contribution in [0.4, 0.5) is 5.13 Å². The zero-order chi connectivity index (χ0) is 10.3. The van der Waals surface area contributed by atoms with E-state index in [9.17, 15) is 0 Å². The van der Waals surface area contributed by atoms with Gasteiger partial charge in [0.1, 0.15) is 6.33 Å². The minimum absolute atomic E-state index is 0.926. The highest BCUT2D eigenvalue weighted by atomic mass is 32.1. The highest BCUT2D eigenvalue weighted by molar-refractivity contribution is 7.09. The molecule has 0 atom stereocenters. The molecule has 2 rings (SSSR count). The lowest BCUT2D eigenvalue weighted by Gasteiger charge is -2.26. The van der Waals surface area contributed by atoms with E-state index in [-0.39, 0.29) is 0 Å². The van der Waals surface area contributed by atoms with Crippen LogP contribution in [-0.4, -0.2) is 53.5 Å². The summed E-state index contributed by atoms with van der Waals surface area (Å²) in [5.74, 6) is 0. The second-order valence-corrected chi connectivity index (χ2v) is 4.40. The van der Waals surface area contributed by atoms with Gasteiger partial charge in [-0.15, -0.1) is 0 Å². The van der Waals surface area contributed by atoms with Crippen molar-refractivity contribution in [2.24, 2.45) is 0 Å². The van der Waals surface area contributed by atoms with Crippen LogP contribution in [0.3, 0.4) is 0 Å². The van der Waals surface area contributed by atoms with Crippen molar-refractivity contribution in [3.8, 4) is 0 Å². The van der Waals surface area contributed by atoms with Gasteiger partial charge in [0, 0.05) is 44.3 Å². The summed E-state index contributed by atoms with van der Waals surface area (Å²) in [6.45, 7) is 6.78. The van der Waals surface area contributed by atoms with Crippen LogP contribution in [0.1, 0.15) is 6.42 Å². The largest absolute Gasteiger partial charge is 0.360 e. The lowest BCUT2D eigenvalue weighted by Crippen LogP contribution is -2.44. The molecule has 0 bridgehead atoms. The quantitative estimate of drug-likeness (QED) is 0.706. The summed E-state index contributed by atoms with van der Waals surface area (Å²) in [4.78, 5) is 6.57. The first-order valence-corrected chi connectivity index (χ1v) is 6.16. The number of nitrogens with zero attached hydrogens (tertiary/aromatic N) is 3. The zero-order valence-electron chi connectivity index (χ0n) is 8.78. The molecule has 0 saturated carbocycles. The second kappa shape index (κ2) is 5.99. The Hall–Kier alpha value is -0.720. The lowest BCUT2D eigenvalue weighted by molar-refractivity contribution is 0.240. The van der Waals surface area contributed by atoms with Gasteiger partial charge < -0.3 is 15.5 Å². The maximum absolute atomic E-state index is 4.07. The Morgan fingerprint density at radius 1 is 1.47 bits per heavy atom. The molecular formula is C9H17N5S. The Labute approximate surface area is 94.1 Å². The smallest absolute Gasteiger partial charge is 0.202 e. The SMILES string of the molecule is c1nsc(NCCCN2CCNCC2)n1. The second-order valence-electron chi connectivity index (χ2n) is 3.62. The Bertz CT molecular complexity index is 257. The van der Waals surface area contributed by atoms with E-state index < -0.39 is 0 Å². The van der Waals surface area contributed by atoms with Gasteiger partial charge in [0.25, 0.3) is 0 Å². The number of rotatable bonds is 5. The fourth-order valence-electron chi connectivity index (χ4n) is 1.68. The van der Waals surface area contributed by atoms with E-state index in [0.29, 0.717) is 0 Å². The topological polar surface area (TPSA) is 53.1 Å². The first-order chi connectivity index (χ1) is 7.45. The Morgan fingerprint density at radius 3 is 3.07 bits per heavy atom. The molecule has 1 aliphatic rings. The van der Waals surface area contributed by atoms with Crippen LogP contribution in [0.2, 0.25) is 0 Å². The van der Waals surface area contributed by atoms with E-state index >= 15 is 0 Å². The molecule has 1 aromatic heterocycles. The van der Waals surface area contributed by atoms with Crippen molar-refractivity contribution >= 4 is 16.7 Å². The van der Waals surface area contributed by atoms with E-state index in [1.807, 2.05) is 0 Å². The number of hydrogen-bond acceptors (Lipinski definition) is 6. The molecular weight excluding hydrogens is 210 g/mol. The lowest BCUT2D eigenvalue weighted by atomic mass is 10.3. The summed E-state index contributed by atoms with van der Waals surface area (Å²) in [7, 11) is 0. The minimum atomic E-state index is 0.926. The van der Waals surface area contributed by atoms with E-state index in [2.05, 4.69) is 24.9 Å². The summed E-state index contributed by atoms with van der Waals surface area (Å²) in [5, 5.41) is 7.55. The third-order valence-corrected chi connectivity index (χ3v) is 3.12. The van der Waals surface area contributed by atoms with E-state index in [1.165, 1.54) is 37.6 Å². The Kier molecular flexibility index (Phi) is 4.31. The van der Waals surface area contributed by atoms with Crippen molar-refractivity contribution in [1.29, 1.82) is 0 Å². The maximum atomic E-state index is 4.07. The summed E-state index contributed by atoms with van der Waals surface area (Å²) >= 11 is 1.41. The molecule has 1 fully saturated rings. The predicted octanol–water partition coefficient (Wildman–Crippen LogP) is 0.245. The molecule has 1 aromatic rings. The molecule has 1 aliphatic heterocycles. The van der Waals surface area contributed by atoms with Crippen LogP contribution in [-0.2, 0) is 0 Å². The van der Waals surface area contributed by atoms with Gasteiger partial charge >= 0.3 is 0 Å². The molecule has 0 radical (unpaired) electrons. The molecule has 1 saturated heterocycles. The average molecular weight is 227 g/mol. The van der Waals surface area contributed by atoms with E-state index in [0.717, 1.165) is 24.8 Å². The van der Waals surface area contributed by atoms with Gasteiger partial charge in [0.05, 0.1) is 0 Å². The molecule has 84 valence electrons. The fraction of sp³-hybridized carbons (Fsp3) is 0.778. The van der Waals surface area contributed by atoms with Crippen molar-refractivity contribution in [1.82, 2.24) is 19.6 Å². The van der Waals surface area contributed by atoms with Crippen molar-refractivity contribution in [2.45, 2.75) is 6.42 Å². The van der Waals surface area contributed by atoms with Crippen molar-refractivity contribution in [3.05, 3.63) is 6.33 Å². The molecule has 0 spiro atoms. The van der Waals surface area contributed by atoms with Gasteiger partial charge in [0.15, 0.2) is 0 Å². The van der Waals surface area contributed by atoms with Crippen LogP contribution in [0, 0.1) is 0 Å². The van der Waals surface area contributed by atoms with Crippen LogP contribution < -0.4 is 10.6 Å². The van der Waals surface area contributed by atoms with E-state index in [4.69, 9.17) is 0 Å². The van der Waals surface area contributed by atoms with Gasteiger partial charge in [-0.1, -0.05) is 0 Å². The maximum Gasteiger partial charge on any atom is 0.202 e. The van der Waals surface area contributed by atoms with Crippen LogP contribution in [0.25, 0.3) is 0 Å². The normalized spacial score (nSPS) is 17.9. The first kappa shape index (κ1) is 10.8. The summed E-state index contributed by atoms with van der Waals surface area (Å²) < 4.78 is 3.94. The first-order valence-electron chi connectivity index (χ1n) is 5.39. The zero-order valence-corrected chi connectivity index (χ0v) is 9.59. The molecule has 6 heteroatoms. The molecule has 2 heterocycles. The number of nitrogens with one attached hydrogen (secondary N) is 2. The highest BCUT2D eigenvalue weighted by Gasteiger charge is 2.08. The molecule has 2 N–H and O–H groups in total. The molecule has 5 nitrogen and oxygen atoms in total. The molecule has 0 aromatic carbocycles. The molecule has 0 amide bonds. The standard InChI is InChI=1S/C9H17N5S/c1(2-11-9-12-8-13-15-9)5-14-6-3-10-4-7-14/h8,10H,1-7H2,(H,11,12,13). The van der Waals surface area contributed by atoms with Crippen LogP contribution >= 0.6 is 11.5 Å². The fourth-order valence-corrected chi connectivity index (χ4v) is 2.14. The monoisotopic (exact) mass is 227 g/mol. The van der Waals surface area contributed by atoms with Gasteiger partial charge in [-0.2, -0.15) is 4.37 Å². The predicted molar refractivity (Wildman–Crippen MR) is 62.3 cm³/mol. The summed E-state index contributed by atoms with van der Waals surface area (Å²) in [6.07, 6.45) is 2.75. The summed E-state index contributed by atoms with van der Waals surface area (Å²) in [6, 6.07) is 0. The number of hydrogen-bond donors (Lipinski definition) is 2. The number of aromatic nitrogens is 2. The van der Waals surface area contributed by atoms with Gasteiger partial charge in [-0.05, 0) is 13.0 Å². The number of piperazine rings is 1. The van der Waals surface area contributed by atoms with Gasteiger partial charge in [-0.3, -0.25) is 0 Å². The van der Waals surface area contributed by atoms with E-state index in [1.54, 1.807) is 6.33 Å². The van der Waals surface area contributed by atoms with Crippen molar-refractivity contribution < 1.29 is 0 Å². The van der Waals surface area contributed by atoms with Crippen molar-refractivity contribution in [3.63, 3.8) is 0 Å². The van der Waals surface area contributed by atoms with Gasteiger partial charge in [-0.25, -0.2) is 4.98 Å². The van der Waals surface area contributed by atoms with Gasteiger partial charge in [0.2, 0.25) is 5.13 Å². The molecule has 15 heavy (non-hydrogen) atoms.